The molecule has 1 atom stereocenters. The van der Waals surface area contributed by atoms with Crippen molar-refractivity contribution in [3.63, 3.8) is 0 Å². The summed E-state index contributed by atoms with van der Waals surface area (Å²) in [5, 5.41) is 10.5. The Labute approximate surface area is 159 Å². The number of thiophene rings is 1. The number of aliphatic hydroxyl groups excluding tert-OH is 1. The van der Waals surface area contributed by atoms with Gasteiger partial charge in [-0.2, -0.15) is 0 Å². The maximum atomic E-state index is 9.31. The monoisotopic (exact) mass is 375 g/mol. The molecule has 4 rings (SSSR count). The summed E-state index contributed by atoms with van der Waals surface area (Å²) in [4.78, 5) is 13.9. The van der Waals surface area contributed by atoms with Gasteiger partial charge in [0.05, 0.1) is 5.39 Å². The maximum absolute atomic E-state index is 9.31. The van der Waals surface area contributed by atoms with Gasteiger partial charge in [0.25, 0.3) is 0 Å². The summed E-state index contributed by atoms with van der Waals surface area (Å²) in [6.45, 7) is 0.275. The second-order valence-corrected chi connectivity index (χ2v) is 9.08. The van der Waals surface area contributed by atoms with Crippen LogP contribution in [-0.4, -0.2) is 52.8 Å². The molecule has 142 valence electrons. The molecular weight excluding hydrogens is 346 g/mol. The van der Waals surface area contributed by atoms with Crippen LogP contribution in [0, 0.1) is 5.92 Å². The van der Waals surface area contributed by atoms with Crippen molar-refractivity contribution in [3.8, 4) is 5.88 Å². The summed E-state index contributed by atoms with van der Waals surface area (Å²) in [5.74, 6) is 1.35. The van der Waals surface area contributed by atoms with Crippen molar-refractivity contribution in [2.75, 3.05) is 20.7 Å². The Kier molecular flexibility index (Phi) is 5.43. The number of ether oxygens (including phenoxy) is 1. The molecule has 0 aliphatic heterocycles. The lowest BCUT2D eigenvalue weighted by Gasteiger charge is -2.32. The molecule has 0 unspecified atom stereocenters. The standard InChI is InChI=1S/C20H29N3O2S/c1-23(2)14-4-6-15(7-5-14)25-19-18-16-11-13(9-10-24)3-8-17(16)26-20(18)22-12-21-19/h12-15,24H,3-11H2,1-2H3/t13-,14-,15-/m0/s1. The second-order valence-electron chi connectivity index (χ2n) is 8.00. The van der Waals surface area contributed by atoms with Gasteiger partial charge in [0, 0.05) is 17.5 Å². The minimum Gasteiger partial charge on any atom is -0.474 e. The number of hydrogen-bond acceptors (Lipinski definition) is 6. The zero-order valence-corrected chi connectivity index (χ0v) is 16.6. The van der Waals surface area contributed by atoms with E-state index in [0.29, 0.717) is 12.0 Å². The molecule has 0 bridgehead atoms. The van der Waals surface area contributed by atoms with E-state index in [2.05, 4.69) is 29.0 Å². The molecule has 2 aromatic rings. The summed E-state index contributed by atoms with van der Waals surface area (Å²) in [5.41, 5.74) is 1.38. The van der Waals surface area contributed by atoms with Crippen LogP contribution in [0.4, 0.5) is 0 Å². The third-order valence-corrected chi connectivity index (χ3v) is 7.30. The number of aromatic nitrogens is 2. The molecule has 0 radical (unpaired) electrons. The van der Waals surface area contributed by atoms with Gasteiger partial charge in [-0.3, -0.25) is 0 Å². The van der Waals surface area contributed by atoms with Gasteiger partial charge in [0.1, 0.15) is 17.3 Å². The zero-order chi connectivity index (χ0) is 18.1. The average Bonchev–Trinajstić information content (AvgIpc) is 3.01. The first kappa shape index (κ1) is 18.1. The highest BCUT2D eigenvalue weighted by molar-refractivity contribution is 7.18. The Bertz CT molecular complexity index is 753. The Morgan fingerprint density at radius 2 is 2.00 bits per heavy atom. The van der Waals surface area contributed by atoms with Gasteiger partial charge in [-0.1, -0.05) is 0 Å². The van der Waals surface area contributed by atoms with Crippen molar-refractivity contribution >= 4 is 21.6 Å². The molecule has 0 saturated heterocycles. The minimum absolute atomic E-state index is 0.261. The molecule has 6 heteroatoms. The van der Waals surface area contributed by atoms with E-state index in [1.807, 2.05) is 0 Å². The molecule has 2 aliphatic carbocycles. The SMILES string of the molecule is CN(C)[C@H]1CC[C@H](Oc2ncnc3sc4c(c23)C[C@H](CCO)CC4)CC1. The van der Waals surface area contributed by atoms with Gasteiger partial charge in [-0.05, 0) is 76.9 Å². The lowest BCUT2D eigenvalue weighted by atomic mass is 9.85. The number of aryl methyl sites for hydroxylation is 1. The van der Waals surface area contributed by atoms with Crippen molar-refractivity contribution < 1.29 is 9.84 Å². The van der Waals surface area contributed by atoms with E-state index in [4.69, 9.17) is 4.74 Å². The lowest BCUT2D eigenvalue weighted by molar-refractivity contribution is 0.108. The number of hydrogen-bond donors (Lipinski definition) is 1. The van der Waals surface area contributed by atoms with Gasteiger partial charge in [0.2, 0.25) is 5.88 Å². The van der Waals surface area contributed by atoms with Crippen molar-refractivity contribution in [2.45, 2.75) is 63.5 Å². The molecular formula is C20H29N3O2S. The highest BCUT2D eigenvalue weighted by Gasteiger charge is 2.28. The fourth-order valence-electron chi connectivity index (χ4n) is 4.51. The van der Waals surface area contributed by atoms with Crippen molar-refractivity contribution in [2.24, 2.45) is 5.92 Å². The normalized spacial score (nSPS) is 26.2. The van der Waals surface area contributed by atoms with Crippen LogP contribution in [0.3, 0.4) is 0 Å². The van der Waals surface area contributed by atoms with Gasteiger partial charge < -0.3 is 14.7 Å². The number of aliphatic hydroxyl groups is 1. The van der Waals surface area contributed by atoms with Crippen LogP contribution in [0.5, 0.6) is 5.88 Å². The first-order valence-corrected chi connectivity index (χ1v) is 10.7. The van der Waals surface area contributed by atoms with Crippen LogP contribution in [0.1, 0.15) is 49.0 Å². The predicted octanol–water partition coefficient (Wildman–Crippen LogP) is 3.43. The molecule has 26 heavy (non-hydrogen) atoms. The van der Waals surface area contributed by atoms with E-state index in [1.54, 1.807) is 17.7 Å². The quantitative estimate of drug-likeness (QED) is 0.868. The van der Waals surface area contributed by atoms with Crippen molar-refractivity contribution in [1.82, 2.24) is 14.9 Å². The van der Waals surface area contributed by atoms with E-state index in [-0.39, 0.29) is 12.7 Å². The smallest absolute Gasteiger partial charge is 0.225 e. The van der Waals surface area contributed by atoms with E-state index in [9.17, 15) is 5.11 Å². The van der Waals surface area contributed by atoms with Crippen molar-refractivity contribution in [1.29, 1.82) is 0 Å². The van der Waals surface area contributed by atoms with E-state index in [1.165, 1.54) is 29.7 Å². The second kappa shape index (κ2) is 7.79. The summed E-state index contributed by atoms with van der Waals surface area (Å²) in [6.07, 6.45) is 10.6. The van der Waals surface area contributed by atoms with Crippen LogP contribution >= 0.6 is 11.3 Å². The Morgan fingerprint density at radius 1 is 1.19 bits per heavy atom. The molecule has 2 heterocycles. The number of nitrogens with zero attached hydrogens (tertiary/aromatic N) is 3. The predicted molar refractivity (Wildman–Crippen MR) is 105 cm³/mol. The Balaban J connectivity index is 1.56. The third kappa shape index (κ3) is 3.59. The van der Waals surface area contributed by atoms with Crippen LogP contribution in [0.25, 0.3) is 10.2 Å². The summed E-state index contributed by atoms with van der Waals surface area (Å²) in [6, 6.07) is 0.674. The highest BCUT2D eigenvalue weighted by Crippen LogP contribution is 2.41. The van der Waals surface area contributed by atoms with E-state index >= 15 is 0 Å². The highest BCUT2D eigenvalue weighted by atomic mass is 32.1. The Morgan fingerprint density at radius 3 is 2.73 bits per heavy atom. The van der Waals surface area contributed by atoms with Gasteiger partial charge in [0.15, 0.2) is 0 Å². The largest absolute Gasteiger partial charge is 0.474 e. The fraction of sp³-hybridized carbons (Fsp3) is 0.700. The summed E-state index contributed by atoms with van der Waals surface area (Å²) >= 11 is 1.80. The van der Waals surface area contributed by atoms with Crippen molar-refractivity contribution in [3.05, 3.63) is 16.8 Å². The first-order valence-electron chi connectivity index (χ1n) is 9.85. The van der Waals surface area contributed by atoms with Crippen LogP contribution in [0.2, 0.25) is 0 Å². The third-order valence-electron chi connectivity index (χ3n) is 6.10. The van der Waals surface area contributed by atoms with E-state index < -0.39 is 0 Å². The molecule has 1 saturated carbocycles. The topological polar surface area (TPSA) is 58.5 Å². The van der Waals surface area contributed by atoms with Crippen LogP contribution in [0.15, 0.2) is 6.33 Å². The molecule has 0 spiro atoms. The van der Waals surface area contributed by atoms with Crippen LogP contribution < -0.4 is 4.74 Å². The maximum Gasteiger partial charge on any atom is 0.225 e. The number of fused-ring (bicyclic) bond motifs is 3. The fourth-order valence-corrected chi connectivity index (χ4v) is 5.68. The summed E-state index contributed by atoms with van der Waals surface area (Å²) < 4.78 is 6.40. The van der Waals surface area contributed by atoms with Gasteiger partial charge in [-0.25, -0.2) is 9.97 Å². The number of rotatable bonds is 5. The first-order chi connectivity index (χ1) is 12.7. The van der Waals surface area contributed by atoms with Gasteiger partial charge in [-0.15, -0.1) is 11.3 Å². The lowest BCUT2D eigenvalue weighted by Crippen LogP contribution is -2.35. The zero-order valence-electron chi connectivity index (χ0n) is 15.8. The molecule has 0 aromatic carbocycles. The minimum atomic E-state index is 0.261. The molecule has 0 amide bonds. The Hall–Kier alpha value is -1.24. The molecule has 1 fully saturated rings. The van der Waals surface area contributed by atoms with Crippen LogP contribution in [-0.2, 0) is 12.8 Å². The van der Waals surface area contributed by atoms with Gasteiger partial charge >= 0.3 is 0 Å². The molecule has 2 aromatic heterocycles. The molecule has 2 aliphatic rings. The average molecular weight is 376 g/mol. The van der Waals surface area contributed by atoms with E-state index in [0.717, 1.165) is 48.2 Å². The molecule has 1 N–H and O–H groups in total. The molecule has 5 nitrogen and oxygen atoms in total. The summed E-state index contributed by atoms with van der Waals surface area (Å²) in [7, 11) is 4.33.